The molecule has 0 aromatic heterocycles. The summed E-state index contributed by atoms with van der Waals surface area (Å²) in [5.74, 6) is 0.738. The molecule has 2 rings (SSSR count). The number of carbonyl (C=O) groups excluding carboxylic acids is 2. The average Bonchev–Trinajstić information content (AvgIpc) is 2.53. The highest BCUT2D eigenvalue weighted by Crippen LogP contribution is 2.22. The molecule has 0 bridgehead atoms. The van der Waals surface area contributed by atoms with Crippen LogP contribution in [0.4, 0.5) is 0 Å². The Labute approximate surface area is 134 Å². The average molecular weight is 309 g/mol. The number of carbonyl (C=O) groups is 2. The van der Waals surface area contributed by atoms with Crippen LogP contribution in [0, 0.1) is 11.8 Å². The summed E-state index contributed by atoms with van der Waals surface area (Å²) in [7, 11) is 0. The molecule has 2 aliphatic rings. The highest BCUT2D eigenvalue weighted by atomic mass is 16.2. The van der Waals surface area contributed by atoms with Gasteiger partial charge in [0.05, 0.1) is 0 Å². The fourth-order valence-corrected chi connectivity index (χ4v) is 3.43. The third-order valence-corrected chi connectivity index (χ3v) is 5.01. The Morgan fingerprint density at radius 1 is 0.818 bits per heavy atom. The van der Waals surface area contributed by atoms with Gasteiger partial charge in [0, 0.05) is 44.1 Å². The number of piperazine rings is 1. The maximum Gasteiger partial charge on any atom is 0.225 e. The normalized spacial score (nSPS) is 21.7. The van der Waals surface area contributed by atoms with Gasteiger partial charge in [0.2, 0.25) is 11.8 Å². The van der Waals surface area contributed by atoms with Crippen molar-refractivity contribution in [2.24, 2.45) is 11.8 Å². The first-order valence-corrected chi connectivity index (χ1v) is 8.71. The van der Waals surface area contributed by atoms with E-state index in [2.05, 4.69) is 18.7 Å². The molecule has 0 aromatic rings. The van der Waals surface area contributed by atoms with Gasteiger partial charge >= 0.3 is 0 Å². The van der Waals surface area contributed by atoms with E-state index in [1.165, 1.54) is 0 Å². The second kappa shape index (κ2) is 7.44. The van der Waals surface area contributed by atoms with Gasteiger partial charge in [-0.15, -0.1) is 0 Å². The van der Waals surface area contributed by atoms with Crippen molar-refractivity contribution in [1.82, 2.24) is 14.7 Å². The molecule has 2 saturated heterocycles. The van der Waals surface area contributed by atoms with E-state index in [0.29, 0.717) is 38.1 Å². The second-order valence-corrected chi connectivity index (χ2v) is 7.21. The maximum absolute atomic E-state index is 12.6. The molecule has 5 heteroatoms. The van der Waals surface area contributed by atoms with E-state index < -0.39 is 0 Å². The van der Waals surface area contributed by atoms with Gasteiger partial charge in [0.1, 0.15) is 0 Å². The van der Waals surface area contributed by atoms with Gasteiger partial charge < -0.3 is 14.7 Å². The van der Waals surface area contributed by atoms with Crippen LogP contribution in [0.5, 0.6) is 0 Å². The van der Waals surface area contributed by atoms with Crippen LogP contribution in [0.15, 0.2) is 0 Å². The first-order valence-electron chi connectivity index (χ1n) is 8.71. The molecule has 0 spiro atoms. The van der Waals surface area contributed by atoms with E-state index in [-0.39, 0.29) is 17.7 Å². The predicted octanol–water partition coefficient (Wildman–Crippen LogP) is 1.43. The van der Waals surface area contributed by atoms with E-state index in [1.807, 2.05) is 23.6 Å². The molecule has 0 radical (unpaired) electrons. The summed E-state index contributed by atoms with van der Waals surface area (Å²) < 4.78 is 0. The number of hydrogen-bond acceptors (Lipinski definition) is 3. The molecule has 0 N–H and O–H groups in total. The van der Waals surface area contributed by atoms with Gasteiger partial charge in [-0.1, -0.05) is 13.8 Å². The van der Waals surface area contributed by atoms with Gasteiger partial charge in [-0.3, -0.25) is 9.59 Å². The Bertz CT molecular complexity index is 393. The summed E-state index contributed by atoms with van der Waals surface area (Å²) in [6, 6.07) is 0.571. The Hall–Kier alpha value is -1.10. The van der Waals surface area contributed by atoms with Crippen molar-refractivity contribution < 1.29 is 9.59 Å². The Morgan fingerprint density at radius 3 is 1.77 bits per heavy atom. The lowest BCUT2D eigenvalue weighted by atomic mass is 9.94. The number of nitrogens with zero attached hydrogens (tertiary/aromatic N) is 3. The van der Waals surface area contributed by atoms with Crippen LogP contribution < -0.4 is 0 Å². The lowest BCUT2D eigenvalue weighted by Gasteiger charge is -2.39. The second-order valence-electron chi connectivity index (χ2n) is 7.21. The number of amides is 2. The van der Waals surface area contributed by atoms with Crippen LogP contribution in [-0.2, 0) is 9.59 Å². The van der Waals surface area contributed by atoms with E-state index in [4.69, 9.17) is 0 Å². The van der Waals surface area contributed by atoms with Crippen LogP contribution >= 0.6 is 0 Å². The van der Waals surface area contributed by atoms with Crippen molar-refractivity contribution in [3.05, 3.63) is 0 Å². The number of likely N-dealkylation sites (tertiary alicyclic amines) is 1. The van der Waals surface area contributed by atoms with Crippen molar-refractivity contribution in [3.63, 3.8) is 0 Å². The van der Waals surface area contributed by atoms with Gasteiger partial charge in [-0.25, -0.2) is 0 Å². The minimum atomic E-state index is 0.0441. The molecule has 2 fully saturated rings. The molecule has 0 unspecified atom stereocenters. The SMILES string of the molecule is CC(C)C(=O)N1CCN(C(=O)C2CCN(C(C)C)CC2)CC1. The van der Waals surface area contributed by atoms with Crippen LogP contribution in [0.1, 0.15) is 40.5 Å². The molecule has 0 atom stereocenters. The fraction of sp³-hybridized carbons (Fsp3) is 0.882. The standard InChI is InChI=1S/C17H31N3O2/c1-13(2)16(21)19-9-11-20(12-10-19)17(22)15-5-7-18(8-6-15)14(3)4/h13-15H,5-12H2,1-4H3. The number of hydrogen-bond donors (Lipinski definition) is 0. The van der Waals surface area contributed by atoms with Crippen molar-refractivity contribution in [2.45, 2.75) is 46.6 Å². The van der Waals surface area contributed by atoms with Gasteiger partial charge in [-0.2, -0.15) is 0 Å². The minimum Gasteiger partial charge on any atom is -0.339 e. The minimum absolute atomic E-state index is 0.0441. The van der Waals surface area contributed by atoms with Crippen LogP contribution in [-0.4, -0.2) is 71.8 Å². The molecule has 0 saturated carbocycles. The Balaban J connectivity index is 1.80. The summed E-state index contributed by atoms with van der Waals surface area (Å²) >= 11 is 0. The Kier molecular flexibility index (Phi) is 5.84. The monoisotopic (exact) mass is 309 g/mol. The van der Waals surface area contributed by atoms with E-state index >= 15 is 0 Å². The molecular weight excluding hydrogens is 278 g/mol. The van der Waals surface area contributed by atoms with E-state index in [9.17, 15) is 9.59 Å². The van der Waals surface area contributed by atoms with Crippen LogP contribution in [0.2, 0.25) is 0 Å². The van der Waals surface area contributed by atoms with Gasteiger partial charge in [0.15, 0.2) is 0 Å². The van der Waals surface area contributed by atoms with Crippen LogP contribution in [0.25, 0.3) is 0 Å². The number of rotatable bonds is 3. The fourth-order valence-electron chi connectivity index (χ4n) is 3.43. The maximum atomic E-state index is 12.6. The lowest BCUT2D eigenvalue weighted by Crippen LogP contribution is -2.53. The van der Waals surface area contributed by atoms with E-state index in [0.717, 1.165) is 25.9 Å². The molecular formula is C17H31N3O2. The zero-order valence-corrected chi connectivity index (χ0v) is 14.5. The smallest absolute Gasteiger partial charge is 0.225 e. The van der Waals surface area contributed by atoms with Crippen molar-refractivity contribution in [2.75, 3.05) is 39.3 Å². The van der Waals surface area contributed by atoms with Crippen molar-refractivity contribution in [3.8, 4) is 0 Å². The first kappa shape index (κ1) is 17.3. The third-order valence-electron chi connectivity index (χ3n) is 5.01. The highest BCUT2D eigenvalue weighted by molar-refractivity contribution is 5.80. The number of piperidine rings is 1. The molecule has 0 aliphatic carbocycles. The molecule has 2 aliphatic heterocycles. The quantitative estimate of drug-likeness (QED) is 0.792. The molecule has 0 aromatic carbocycles. The first-order chi connectivity index (χ1) is 10.4. The molecule has 5 nitrogen and oxygen atoms in total. The van der Waals surface area contributed by atoms with Crippen LogP contribution in [0.3, 0.4) is 0 Å². The lowest BCUT2D eigenvalue weighted by molar-refractivity contribution is -0.144. The summed E-state index contributed by atoms with van der Waals surface area (Å²) in [6.07, 6.45) is 1.95. The summed E-state index contributed by atoms with van der Waals surface area (Å²) in [5, 5.41) is 0. The summed E-state index contributed by atoms with van der Waals surface area (Å²) in [6.45, 7) is 13.1. The molecule has 2 heterocycles. The zero-order chi connectivity index (χ0) is 16.3. The zero-order valence-electron chi connectivity index (χ0n) is 14.5. The highest BCUT2D eigenvalue weighted by Gasteiger charge is 2.31. The Morgan fingerprint density at radius 2 is 1.32 bits per heavy atom. The van der Waals surface area contributed by atoms with Gasteiger partial charge in [-0.05, 0) is 39.8 Å². The van der Waals surface area contributed by atoms with E-state index in [1.54, 1.807) is 0 Å². The van der Waals surface area contributed by atoms with Crippen molar-refractivity contribution >= 4 is 11.8 Å². The van der Waals surface area contributed by atoms with Gasteiger partial charge in [0.25, 0.3) is 0 Å². The largest absolute Gasteiger partial charge is 0.339 e. The molecule has 126 valence electrons. The molecule has 22 heavy (non-hydrogen) atoms. The topological polar surface area (TPSA) is 43.9 Å². The predicted molar refractivity (Wildman–Crippen MR) is 87.4 cm³/mol. The third kappa shape index (κ3) is 4.00. The summed E-state index contributed by atoms with van der Waals surface area (Å²) in [5.41, 5.74) is 0. The summed E-state index contributed by atoms with van der Waals surface area (Å²) in [4.78, 5) is 31.0. The molecule has 2 amide bonds. The van der Waals surface area contributed by atoms with Crippen molar-refractivity contribution in [1.29, 1.82) is 0 Å².